The average Bonchev–Trinajstić information content (AvgIpc) is 2.98. The molecule has 0 unspecified atom stereocenters. The van der Waals surface area contributed by atoms with Gasteiger partial charge in [0.2, 0.25) is 5.95 Å². The van der Waals surface area contributed by atoms with Gasteiger partial charge in [-0.25, -0.2) is 15.0 Å². The molecule has 6 heteroatoms. The summed E-state index contributed by atoms with van der Waals surface area (Å²) >= 11 is 1.59. The number of aromatic nitrogens is 3. The topological polar surface area (TPSA) is 62.7 Å². The van der Waals surface area contributed by atoms with Crippen LogP contribution in [0.1, 0.15) is 25.1 Å². The van der Waals surface area contributed by atoms with Crippen LogP contribution in [-0.2, 0) is 0 Å². The monoisotopic (exact) mass is 341 g/mol. The zero-order valence-corrected chi connectivity index (χ0v) is 15.5. The smallest absolute Gasteiger partial charge is 0.227 e. The van der Waals surface area contributed by atoms with Gasteiger partial charge >= 0.3 is 0 Å². The van der Waals surface area contributed by atoms with Crippen LogP contribution in [0.2, 0.25) is 0 Å². The number of rotatable bonds is 4. The van der Waals surface area contributed by atoms with Crippen molar-refractivity contribution in [2.24, 2.45) is 0 Å². The van der Waals surface area contributed by atoms with Gasteiger partial charge in [-0.05, 0) is 37.6 Å². The molecular weight excluding hydrogens is 318 g/mol. The van der Waals surface area contributed by atoms with E-state index in [1.165, 1.54) is 5.56 Å². The molecule has 0 aliphatic heterocycles. The summed E-state index contributed by atoms with van der Waals surface area (Å²) in [4.78, 5) is 14.4. The molecule has 5 nitrogen and oxygen atoms in total. The van der Waals surface area contributed by atoms with Crippen molar-refractivity contribution in [2.45, 2.75) is 27.7 Å². The quantitative estimate of drug-likeness (QED) is 0.697. The molecule has 0 amide bonds. The third kappa shape index (κ3) is 4.29. The summed E-state index contributed by atoms with van der Waals surface area (Å²) in [7, 11) is 1.87. The number of thiazole rings is 1. The molecule has 3 aromatic rings. The first-order valence-electron chi connectivity index (χ1n) is 7.98. The molecule has 0 bridgehead atoms. The van der Waals surface area contributed by atoms with Crippen molar-refractivity contribution < 1.29 is 0 Å². The molecule has 2 aromatic heterocycles. The second-order valence-corrected chi connectivity index (χ2v) is 5.94. The second-order valence-electron chi connectivity index (χ2n) is 4.94. The molecule has 0 fully saturated rings. The van der Waals surface area contributed by atoms with E-state index in [1.54, 1.807) is 17.5 Å². The first-order valence-corrected chi connectivity index (χ1v) is 8.79. The Bertz CT molecular complexity index is 798. The van der Waals surface area contributed by atoms with Gasteiger partial charge in [0.05, 0.1) is 16.3 Å². The Morgan fingerprint density at radius 3 is 2.50 bits per heavy atom. The molecule has 0 spiro atoms. The van der Waals surface area contributed by atoms with Gasteiger partial charge in [0.1, 0.15) is 0 Å². The van der Waals surface area contributed by atoms with E-state index >= 15 is 0 Å². The maximum Gasteiger partial charge on any atom is 0.227 e. The van der Waals surface area contributed by atoms with Crippen molar-refractivity contribution in [3.63, 3.8) is 0 Å². The molecule has 0 saturated heterocycles. The summed E-state index contributed by atoms with van der Waals surface area (Å²) in [5, 5.41) is 7.20. The van der Waals surface area contributed by atoms with Gasteiger partial charge in [0.25, 0.3) is 0 Å². The summed E-state index contributed by atoms with van der Waals surface area (Å²) in [6, 6.07) is 10.0. The van der Waals surface area contributed by atoms with Gasteiger partial charge in [-0.3, -0.25) is 0 Å². The van der Waals surface area contributed by atoms with Crippen LogP contribution in [0.3, 0.4) is 0 Å². The Kier molecular flexibility index (Phi) is 6.26. The minimum absolute atomic E-state index is 0.585. The van der Waals surface area contributed by atoms with Crippen LogP contribution in [0.5, 0.6) is 0 Å². The number of aryl methyl sites for hydroxylation is 2. The summed E-state index contributed by atoms with van der Waals surface area (Å²) < 4.78 is 0. The highest BCUT2D eigenvalue weighted by Crippen LogP contribution is 2.31. The maximum atomic E-state index is 4.60. The highest BCUT2D eigenvalue weighted by molar-refractivity contribution is 7.19. The lowest BCUT2D eigenvalue weighted by Crippen LogP contribution is -1.97. The largest absolute Gasteiger partial charge is 0.365 e. The van der Waals surface area contributed by atoms with Gasteiger partial charge < -0.3 is 10.6 Å². The maximum absolute atomic E-state index is 4.60. The predicted octanol–water partition coefficient (Wildman–Crippen LogP) is 5.03. The van der Waals surface area contributed by atoms with Gasteiger partial charge in [0, 0.05) is 18.9 Å². The molecule has 3 rings (SSSR count). The van der Waals surface area contributed by atoms with E-state index in [1.807, 2.05) is 46.0 Å². The molecule has 0 radical (unpaired) electrons. The zero-order chi connectivity index (χ0) is 17.5. The van der Waals surface area contributed by atoms with E-state index in [2.05, 4.69) is 44.6 Å². The SMILES string of the molecule is CC.CNc1nc(C)c(-c2ccnc(Nc3cccc(C)c3)n2)s1. The minimum atomic E-state index is 0.585. The molecule has 0 aliphatic carbocycles. The van der Waals surface area contributed by atoms with E-state index in [0.29, 0.717) is 5.95 Å². The first kappa shape index (κ1) is 17.9. The van der Waals surface area contributed by atoms with E-state index in [-0.39, 0.29) is 0 Å². The highest BCUT2D eigenvalue weighted by Gasteiger charge is 2.11. The molecule has 0 aliphatic rings. The van der Waals surface area contributed by atoms with E-state index < -0.39 is 0 Å². The van der Waals surface area contributed by atoms with Crippen molar-refractivity contribution in [3.8, 4) is 10.6 Å². The summed E-state index contributed by atoms with van der Waals surface area (Å²) in [6.45, 7) is 8.05. The molecule has 2 N–H and O–H groups in total. The van der Waals surface area contributed by atoms with E-state index in [4.69, 9.17) is 0 Å². The highest BCUT2D eigenvalue weighted by atomic mass is 32.1. The molecule has 1 aromatic carbocycles. The minimum Gasteiger partial charge on any atom is -0.365 e. The zero-order valence-electron chi connectivity index (χ0n) is 14.7. The van der Waals surface area contributed by atoms with Crippen LogP contribution < -0.4 is 10.6 Å². The van der Waals surface area contributed by atoms with Crippen molar-refractivity contribution >= 4 is 28.1 Å². The molecular formula is C18H23N5S. The normalized spacial score (nSPS) is 9.88. The van der Waals surface area contributed by atoms with Crippen LogP contribution in [0.15, 0.2) is 36.5 Å². The molecule has 126 valence electrons. The van der Waals surface area contributed by atoms with Crippen LogP contribution in [0.25, 0.3) is 10.6 Å². The molecule has 0 atom stereocenters. The summed E-state index contributed by atoms with van der Waals surface area (Å²) in [5.41, 5.74) is 4.02. The van der Waals surface area contributed by atoms with Crippen LogP contribution in [0, 0.1) is 13.8 Å². The van der Waals surface area contributed by atoms with Gasteiger partial charge in [-0.1, -0.05) is 37.3 Å². The van der Waals surface area contributed by atoms with Crippen LogP contribution in [0.4, 0.5) is 16.8 Å². The fraction of sp³-hybridized carbons (Fsp3) is 0.278. The summed E-state index contributed by atoms with van der Waals surface area (Å²) in [5.74, 6) is 0.585. The van der Waals surface area contributed by atoms with Crippen LogP contribution >= 0.6 is 11.3 Å². The Morgan fingerprint density at radius 1 is 1.04 bits per heavy atom. The van der Waals surface area contributed by atoms with Crippen LogP contribution in [-0.4, -0.2) is 22.0 Å². The van der Waals surface area contributed by atoms with Crippen molar-refractivity contribution in [1.29, 1.82) is 0 Å². The Hall–Kier alpha value is -2.47. The number of hydrogen-bond donors (Lipinski definition) is 2. The number of hydrogen-bond acceptors (Lipinski definition) is 6. The number of nitrogens with zero attached hydrogens (tertiary/aromatic N) is 3. The second kappa shape index (κ2) is 8.40. The number of anilines is 3. The molecule has 0 saturated carbocycles. The number of nitrogens with one attached hydrogen (secondary N) is 2. The lowest BCUT2D eigenvalue weighted by atomic mass is 10.2. The Morgan fingerprint density at radius 2 is 1.83 bits per heavy atom. The molecule has 2 heterocycles. The molecule has 24 heavy (non-hydrogen) atoms. The van der Waals surface area contributed by atoms with Gasteiger partial charge in [-0.15, -0.1) is 0 Å². The van der Waals surface area contributed by atoms with Gasteiger partial charge in [0.15, 0.2) is 5.13 Å². The Labute approximate surface area is 147 Å². The first-order chi connectivity index (χ1) is 11.7. The lowest BCUT2D eigenvalue weighted by molar-refractivity contribution is 1.16. The van der Waals surface area contributed by atoms with Gasteiger partial charge in [-0.2, -0.15) is 0 Å². The summed E-state index contributed by atoms with van der Waals surface area (Å²) in [6.07, 6.45) is 1.76. The van der Waals surface area contributed by atoms with Crippen molar-refractivity contribution in [1.82, 2.24) is 15.0 Å². The Balaban J connectivity index is 0.00000100. The van der Waals surface area contributed by atoms with Crippen molar-refractivity contribution in [3.05, 3.63) is 47.8 Å². The fourth-order valence-electron chi connectivity index (χ4n) is 2.14. The average molecular weight is 341 g/mol. The third-order valence-corrected chi connectivity index (χ3v) is 4.37. The fourth-order valence-corrected chi connectivity index (χ4v) is 3.03. The van der Waals surface area contributed by atoms with E-state index in [9.17, 15) is 0 Å². The lowest BCUT2D eigenvalue weighted by Gasteiger charge is -2.06. The van der Waals surface area contributed by atoms with E-state index in [0.717, 1.165) is 27.1 Å². The standard InChI is InChI=1S/C16H17N5S.C2H6/c1-10-5-4-6-12(9-10)20-15-18-8-7-13(21-15)14-11(2)19-16(17-3)22-14;1-2/h4-9H,1-3H3,(H,17,19)(H,18,20,21);1-2H3. The number of benzene rings is 1. The predicted molar refractivity (Wildman–Crippen MR) is 103 cm³/mol. The van der Waals surface area contributed by atoms with Crippen molar-refractivity contribution in [2.75, 3.05) is 17.7 Å². The third-order valence-electron chi connectivity index (χ3n) is 3.17.